The summed E-state index contributed by atoms with van der Waals surface area (Å²) < 4.78 is 27.6. The number of benzene rings is 1. The molecule has 4 heteroatoms. The second kappa shape index (κ2) is 3.38. The first-order valence-corrected chi connectivity index (χ1v) is 6.67. The van der Waals surface area contributed by atoms with E-state index in [4.69, 9.17) is 4.42 Å². The molecule has 0 bridgehead atoms. The van der Waals surface area contributed by atoms with E-state index < -0.39 is 9.84 Å². The van der Waals surface area contributed by atoms with Crippen LogP contribution in [-0.2, 0) is 15.6 Å². The Labute approximate surface area is 88.6 Å². The summed E-state index contributed by atoms with van der Waals surface area (Å²) in [4.78, 5) is 0. The molecule has 0 amide bonds. The molecule has 2 rings (SSSR count). The smallest absolute Gasteiger partial charge is 0.154 e. The Kier molecular flexibility index (Phi) is 2.31. The van der Waals surface area contributed by atoms with Crippen molar-refractivity contribution < 1.29 is 12.8 Å². The van der Waals surface area contributed by atoms with Crippen molar-refractivity contribution in [1.82, 2.24) is 0 Å². The fourth-order valence-corrected chi connectivity index (χ4v) is 2.18. The van der Waals surface area contributed by atoms with Crippen LogP contribution in [0.1, 0.15) is 11.3 Å². The highest BCUT2D eigenvalue weighted by Gasteiger charge is 2.09. The zero-order valence-corrected chi connectivity index (χ0v) is 9.47. The minimum atomic E-state index is -3.03. The van der Waals surface area contributed by atoms with Crippen LogP contribution in [0.2, 0.25) is 0 Å². The molecule has 0 aliphatic carbocycles. The van der Waals surface area contributed by atoms with Gasteiger partial charge in [-0.2, -0.15) is 0 Å². The largest absolute Gasteiger partial charge is 0.460 e. The van der Waals surface area contributed by atoms with E-state index in [-0.39, 0.29) is 5.75 Å². The molecule has 0 saturated heterocycles. The molecule has 0 aliphatic heterocycles. The van der Waals surface area contributed by atoms with Gasteiger partial charge in [-0.3, -0.25) is 0 Å². The Morgan fingerprint density at radius 3 is 2.67 bits per heavy atom. The molecule has 3 nitrogen and oxygen atoms in total. The highest BCUT2D eigenvalue weighted by atomic mass is 32.2. The lowest BCUT2D eigenvalue weighted by atomic mass is 10.2. The van der Waals surface area contributed by atoms with Crippen LogP contribution < -0.4 is 0 Å². The van der Waals surface area contributed by atoms with Crippen molar-refractivity contribution in [3.05, 3.63) is 35.6 Å². The van der Waals surface area contributed by atoms with Gasteiger partial charge in [0.05, 0.1) is 0 Å². The number of sulfone groups is 1. The lowest BCUT2D eigenvalue weighted by Crippen LogP contribution is -1.98. The van der Waals surface area contributed by atoms with Gasteiger partial charge in [-0.25, -0.2) is 8.42 Å². The van der Waals surface area contributed by atoms with E-state index in [1.165, 1.54) is 6.26 Å². The molecule has 0 saturated carbocycles. The van der Waals surface area contributed by atoms with Crippen molar-refractivity contribution in [2.75, 3.05) is 6.26 Å². The SMILES string of the molecule is Cc1ccc2cc(CS(C)(=O)=O)oc2c1. The minimum Gasteiger partial charge on any atom is -0.460 e. The number of aryl methyl sites for hydroxylation is 1. The maximum absolute atomic E-state index is 11.1. The second-order valence-electron chi connectivity index (χ2n) is 3.82. The Morgan fingerprint density at radius 1 is 1.27 bits per heavy atom. The standard InChI is InChI=1S/C11H12O3S/c1-8-3-4-9-6-10(7-15(2,12)13)14-11(9)5-8/h3-6H,7H2,1-2H3. The zero-order valence-electron chi connectivity index (χ0n) is 8.65. The molecule has 0 radical (unpaired) electrons. The zero-order chi connectivity index (χ0) is 11.1. The van der Waals surface area contributed by atoms with Gasteiger partial charge < -0.3 is 4.42 Å². The topological polar surface area (TPSA) is 47.3 Å². The summed E-state index contributed by atoms with van der Waals surface area (Å²) in [6.07, 6.45) is 1.20. The van der Waals surface area contributed by atoms with E-state index in [1.807, 2.05) is 25.1 Å². The predicted octanol–water partition coefficient (Wildman–Crippen LogP) is 2.29. The van der Waals surface area contributed by atoms with Crippen LogP contribution >= 0.6 is 0 Å². The number of hydrogen-bond acceptors (Lipinski definition) is 3. The van der Waals surface area contributed by atoms with Gasteiger partial charge in [0.15, 0.2) is 9.84 Å². The molecule has 1 aromatic carbocycles. The van der Waals surface area contributed by atoms with Crippen LogP contribution in [-0.4, -0.2) is 14.7 Å². The first kappa shape index (κ1) is 10.2. The van der Waals surface area contributed by atoms with Crippen LogP contribution in [0, 0.1) is 6.92 Å². The predicted molar refractivity (Wildman–Crippen MR) is 59.5 cm³/mol. The van der Waals surface area contributed by atoms with E-state index in [0.29, 0.717) is 5.76 Å². The summed E-state index contributed by atoms with van der Waals surface area (Å²) in [6, 6.07) is 7.58. The summed E-state index contributed by atoms with van der Waals surface area (Å²) in [7, 11) is -3.03. The Morgan fingerprint density at radius 2 is 2.00 bits per heavy atom. The molecule has 0 spiro atoms. The molecule has 1 heterocycles. The molecule has 0 N–H and O–H groups in total. The highest BCUT2D eigenvalue weighted by Crippen LogP contribution is 2.21. The van der Waals surface area contributed by atoms with Crippen LogP contribution in [0.4, 0.5) is 0 Å². The second-order valence-corrected chi connectivity index (χ2v) is 5.96. The Balaban J connectivity index is 2.48. The molecular weight excluding hydrogens is 212 g/mol. The maximum Gasteiger partial charge on any atom is 0.154 e. The van der Waals surface area contributed by atoms with Crippen molar-refractivity contribution in [2.45, 2.75) is 12.7 Å². The summed E-state index contributed by atoms with van der Waals surface area (Å²) >= 11 is 0. The van der Waals surface area contributed by atoms with Gasteiger partial charge >= 0.3 is 0 Å². The third-order valence-corrected chi connectivity index (χ3v) is 2.94. The Bertz CT molecular complexity index is 593. The average Bonchev–Trinajstić information content (AvgIpc) is 2.42. The molecule has 0 aliphatic rings. The molecular formula is C11H12O3S. The normalized spacial score (nSPS) is 12.1. The molecule has 0 unspecified atom stereocenters. The van der Waals surface area contributed by atoms with Crippen LogP contribution in [0.3, 0.4) is 0 Å². The van der Waals surface area contributed by atoms with E-state index >= 15 is 0 Å². The lowest BCUT2D eigenvalue weighted by molar-refractivity contribution is 0.556. The Hall–Kier alpha value is -1.29. The third-order valence-electron chi connectivity index (χ3n) is 2.13. The van der Waals surface area contributed by atoms with Crippen molar-refractivity contribution in [1.29, 1.82) is 0 Å². The van der Waals surface area contributed by atoms with E-state index in [9.17, 15) is 8.42 Å². The van der Waals surface area contributed by atoms with Gasteiger partial charge in [0, 0.05) is 11.6 Å². The van der Waals surface area contributed by atoms with Gasteiger partial charge in [0.25, 0.3) is 0 Å². The van der Waals surface area contributed by atoms with Gasteiger partial charge in [-0.05, 0) is 24.6 Å². The first-order valence-electron chi connectivity index (χ1n) is 4.61. The van der Waals surface area contributed by atoms with Crippen LogP contribution in [0.5, 0.6) is 0 Å². The van der Waals surface area contributed by atoms with Crippen LogP contribution in [0.25, 0.3) is 11.0 Å². The molecule has 0 atom stereocenters. The fourth-order valence-electron chi connectivity index (χ4n) is 1.52. The summed E-state index contributed by atoms with van der Waals surface area (Å²) in [5, 5.41) is 0.944. The quantitative estimate of drug-likeness (QED) is 0.786. The number of fused-ring (bicyclic) bond motifs is 1. The summed E-state index contributed by atoms with van der Waals surface area (Å²) in [5.74, 6) is 0.457. The minimum absolute atomic E-state index is 0.0409. The molecule has 1 aromatic heterocycles. The van der Waals surface area contributed by atoms with Gasteiger partial charge in [-0.15, -0.1) is 0 Å². The number of rotatable bonds is 2. The van der Waals surface area contributed by atoms with Gasteiger partial charge in [0.1, 0.15) is 17.1 Å². The van der Waals surface area contributed by atoms with Crippen molar-refractivity contribution in [3.63, 3.8) is 0 Å². The summed E-state index contributed by atoms with van der Waals surface area (Å²) in [5.41, 5.74) is 1.84. The number of hydrogen-bond donors (Lipinski definition) is 0. The molecule has 15 heavy (non-hydrogen) atoms. The van der Waals surface area contributed by atoms with Crippen LogP contribution in [0.15, 0.2) is 28.7 Å². The number of furan rings is 1. The van der Waals surface area contributed by atoms with Crippen molar-refractivity contribution >= 4 is 20.8 Å². The van der Waals surface area contributed by atoms with E-state index in [2.05, 4.69) is 0 Å². The van der Waals surface area contributed by atoms with E-state index in [0.717, 1.165) is 16.5 Å². The van der Waals surface area contributed by atoms with Gasteiger partial charge in [-0.1, -0.05) is 12.1 Å². The summed E-state index contributed by atoms with van der Waals surface area (Å²) in [6.45, 7) is 1.97. The fraction of sp³-hybridized carbons (Fsp3) is 0.273. The van der Waals surface area contributed by atoms with Crippen molar-refractivity contribution in [3.8, 4) is 0 Å². The van der Waals surface area contributed by atoms with Gasteiger partial charge in [0.2, 0.25) is 0 Å². The molecule has 2 aromatic rings. The maximum atomic E-state index is 11.1. The molecule has 80 valence electrons. The lowest BCUT2D eigenvalue weighted by Gasteiger charge is -1.92. The van der Waals surface area contributed by atoms with Crippen molar-refractivity contribution in [2.24, 2.45) is 0 Å². The van der Waals surface area contributed by atoms with E-state index in [1.54, 1.807) is 6.07 Å². The first-order chi connectivity index (χ1) is 6.94. The monoisotopic (exact) mass is 224 g/mol. The highest BCUT2D eigenvalue weighted by molar-refractivity contribution is 7.89. The third kappa shape index (κ3) is 2.39. The average molecular weight is 224 g/mol. The molecule has 0 fully saturated rings.